The Kier molecular flexibility index (Phi) is 3.52. The maximum Gasteiger partial charge on any atom is 0.254 e. The second-order valence-electron chi connectivity index (χ2n) is 4.45. The molecule has 2 rings (SSSR count). The summed E-state index contributed by atoms with van der Waals surface area (Å²) in [6.45, 7) is 2.88. The zero-order valence-corrected chi connectivity index (χ0v) is 10.6. The number of pyridine rings is 1. The molecule has 1 aliphatic rings. The van der Waals surface area contributed by atoms with Gasteiger partial charge in [0.2, 0.25) is 0 Å². The molecule has 1 aromatic heterocycles. The summed E-state index contributed by atoms with van der Waals surface area (Å²) in [4.78, 5) is 18.0. The molecule has 1 aromatic rings. The summed E-state index contributed by atoms with van der Waals surface area (Å²) in [6.07, 6.45) is 3.30. The number of hydrogen-bond donors (Lipinski definition) is 1. The van der Waals surface area contributed by atoms with E-state index in [9.17, 15) is 4.79 Å². The average Bonchev–Trinajstić information content (AvgIpc) is 2.27. The minimum atomic E-state index is -0.00630. The molecule has 0 bridgehead atoms. The second-order valence-corrected chi connectivity index (χ2v) is 4.83. The number of nitrogens with zero attached hydrogens (tertiary/aromatic N) is 2. The second kappa shape index (κ2) is 4.92. The Morgan fingerprint density at radius 3 is 2.94 bits per heavy atom. The van der Waals surface area contributed by atoms with Crippen LogP contribution in [-0.2, 0) is 0 Å². The molecular weight excluding hydrogens is 238 g/mol. The van der Waals surface area contributed by atoms with Crippen LogP contribution < -0.4 is 5.73 Å². The predicted molar refractivity (Wildman–Crippen MR) is 68.0 cm³/mol. The monoisotopic (exact) mass is 253 g/mol. The van der Waals surface area contributed by atoms with E-state index in [1.165, 1.54) is 6.42 Å². The number of nitrogens with two attached hydrogens (primary N) is 1. The van der Waals surface area contributed by atoms with Gasteiger partial charge in [-0.1, -0.05) is 11.6 Å². The van der Waals surface area contributed by atoms with Gasteiger partial charge in [-0.2, -0.15) is 0 Å². The van der Waals surface area contributed by atoms with Gasteiger partial charge in [0, 0.05) is 18.2 Å². The Morgan fingerprint density at radius 2 is 2.29 bits per heavy atom. The fraction of sp³-hybridized carbons (Fsp3) is 0.500. The summed E-state index contributed by atoms with van der Waals surface area (Å²) in [7, 11) is 0. The van der Waals surface area contributed by atoms with Gasteiger partial charge in [-0.25, -0.2) is 4.98 Å². The van der Waals surface area contributed by atoms with E-state index in [1.54, 1.807) is 12.1 Å². The molecule has 0 saturated carbocycles. The van der Waals surface area contributed by atoms with E-state index in [4.69, 9.17) is 17.3 Å². The predicted octanol–water partition coefficient (Wildman–Crippen LogP) is 2.33. The minimum absolute atomic E-state index is 0.00630. The van der Waals surface area contributed by atoms with Crippen molar-refractivity contribution in [2.24, 2.45) is 0 Å². The van der Waals surface area contributed by atoms with E-state index in [1.807, 2.05) is 4.90 Å². The number of rotatable bonds is 1. The lowest BCUT2D eigenvalue weighted by atomic mass is 10.0. The molecule has 92 valence electrons. The van der Waals surface area contributed by atoms with Crippen molar-refractivity contribution in [3.05, 3.63) is 22.8 Å². The van der Waals surface area contributed by atoms with Crippen molar-refractivity contribution in [3.8, 4) is 0 Å². The highest BCUT2D eigenvalue weighted by Crippen LogP contribution is 2.21. The van der Waals surface area contributed by atoms with Gasteiger partial charge < -0.3 is 10.6 Å². The number of carbonyl (C=O) groups excluding carboxylic acids is 1. The van der Waals surface area contributed by atoms with Crippen molar-refractivity contribution in [2.45, 2.75) is 32.2 Å². The Labute approximate surface area is 106 Å². The zero-order chi connectivity index (χ0) is 12.4. The van der Waals surface area contributed by atoms with Crippen LogP contribution in [0, 0.1) is 0 Å². The molecular formula is C12H16ClN3O. The van der Waals surface area contributed by atoms with Crippen LogP contribution in [0.5, 0.6) is 0 Å². The van der Waals surface area contributed by atoms with Crippen LogP contribution in [0.25, 0.3) is 0 Å². The number of nitrogen functional groups attached to an aromatic ring is 1. The van der Waals surface area contributed by atoms with Crippen LogP contribution in [0.15, 0.2) is 12.1 Å². The Balaban J connectivity index is 2.23. The number of halogens is 1. The van der Waals surface area contributed by atoms with Crippen molar-refractivity contribution < 1.29 is 4.79 Å². The molecule has 0 aliphatic carbocycles. The van der Waals surface area contributed by atoms with E-state index in [0.29, 0.717) is 5.56 Å². The van der Waals surface area contributed by atoms with Gasteiger partial charge in [0.25, 0.3) is 5.91 Å². The molecule has 1 atom stereocenters. The highest BCUT2D eigenvalue weighted by Gasteiger charge is 2.24. The highest BCUT2D eigenvalue weighted by molar-refractivity contribution is 6.29. The number of carbonyl (C=O) groups is 1. The number of hydrogen-bond acceptors (Lipinski definition) is 3. The lowest BCUT2D eigenvalue weighted by molar-refractivity contribution is 0.0635. The van der Waals surface area contributed by atoms with E-state index in [0.717, 1.165) is 19.4 Å². The first-order valence-corrected chi connectivity index (χ1v) is 6.20. The first kappa shape index (κ1) is 12.2. The summed E-state index contributed by atoms with van der Waals surface area (Å²) in [6, 6.07) is 3.43. The Hall–Kier alpha value is -1.29. The summed E-state index contributed by atoms with van der Waals surface area (Å²) in [5.41, 5.74) is 6.12. The molecule has 1 aliphatic heterocycles. The summed E-state index contributed by atoms with van der Waals surface area (Å²) in [5.74, 6) is 0.277. The SMILES string of the molecule is CC1CCCCN1C(=O)c1cc(N)nc(Cl)c1. The maximum atomic E-state index is 12.3. The van der Waals surface area contributed by atoms with Crippen LogP contribution in [0.2, 0.25) is 5.15 Å². The minimum Gasteiger partial charge on any atom is -0.384 e. The molecule has 1 saturated heterocycles. The van der Waals surface area contributed by atoms with Gasteiger partial charge in [0.05, 0.1) is 0 Å². The van der Waals surface area contributed by atoms with Crippen molar-refractivity contribution in [2.75, 3.05) is 12.3 Å². The summed E-state index contributed by atoms with van der Waals surface area (Å²) >= 11 is 5.81. The van der Waals surface area contributed by atoms with Crippen molar-refractivity contribution in [1.82, 2.24) is 9.88 Å². The molecule has 4 nitrogen and oxygen atoms in total. The maximum absolute atomic E-state index is 12.3. The van der Waals surface area contributed by atoms with Crippen LogP contribution in [0.4, 0.5) is 5.82 Å². The Morgan fingerprint density at radius 1 is 1.53 bits per heavy atom. The van der Waals surface area contributed by atoms with Gasteiger partial charge in [0.1, 0.15) is 11.0 Å². The largest absolute Gasteiger partial charge is 0.384 e. The number of anilines is 1. The molecule has 0 spiro atoms. The third-order valence-electron chi connectivity index (χ3n) is 3.12. The van der Waals surface area contributed by atoms with E-state index >= 15 is 0 Å². The van der Waals surface area contributed by atoms with Gasteiger partial charge >= 0.3 is 0 Å². The standard InChI is InChI=1S/C12H16ClN3O/c1-8-4-2-3-5-16(8)12(17)9-6-10(13)15-11(14)7-9/h6-8H,2-5H2,1H3,(H2,14,15). The fourth-order valence-electron chi connectivity index (χ4n) is 2.21. The molecule has 0 aromatic carbocycles. The molecule has 2 heterocycles. The van der Waals surface area contributed by atoms with Crippen LogP contribution in [0.3, 0.4) is 0 Å². The number of likely N-dealkylation sites (tertiary alicyclic amines) is 1. The molecule has 2 N–H and O–H groups in total. The average molecular weight is 254 g/mol. The van der Waals surface area contributed by atoms with Crippen molar-refractivity contribution >= 4 is 23.3 Å². The number of amides is 1. The van der Waals surface area contributed by atoms with E-state index < -0.39 is 0 Å². The summed E-state index contributed by atoms with van der Waals surface area (Å²) < 4.78 is 0. The first-order chi connectivity index (χ1) is 8.08. The number of aromatic nitrogens is 1. The highest BCUT2D eigenvalue weighted by atomic mass is 35.5. The van der Waals surface area contributed by atoms with Crippen molar-refractivity contribution in [1.29, 1.82) is 0 Å². The molecule has 0 radical (unpaired) electrons. The van der Waals surface area contributed by atoms with Gasteiger partial charge in [0.15, 0.2) is 0 Å². The molecule has 1 amide bonds. The molecule has 5 heteroatoms. The van der Waals surface area contributed by atoms with Crippen molar-refractivity contribution in [3.63, 3.8) is 0 Å². The van der Waals surface area contributed by atoms with Crippen LogP contribution >= 0.6 is 11.6 Å². The summed E-state index contributed by atoms with van der Waals surface area (Å²) in [5, 5.41) is 0.262. The van der Waals surface area contributed by atoms with Gasteiger partial charge in [-0.05, 0) is 38.3 Å². The fourth-order valence-corrected chi connectivity index (χ4v) is 2.42. The quantitative estimate of drug-likeness (QED) is 0.782. The van der Waals surface area contributed by atoms with E-state index in [2.05, 4.69) is 11.9 Å². The first-order valence-electron chi connectivity index (χ1n) is 5.82. The molecule has 1 unspecified atom stereocenters. The third-order valence-corrected chi connectivity index (χ3v) is 3.32. The Bertz CT molecular complexity index is 416. The lowest BCUT2D eigenvalue weighted by Crippen LogP contribution is -2.42. The molecule has 17 heavy (non-hydrogen) atoms. The van der Waals surface area contributed by atoms with Crippen LogP contribution in [0.1, 0.15) is 36.5 Å². The topological polar surface area (TPSA) is 59.2 Å². The number of piperidine rings is 1. The smallest absolute Gasteiger partial charge is 0.254 e. The van der Waals surface area contributed by atoms with Gasteiger partial charge in [-0.3, -0.25) is 4.79 Å². The van der Waals surface area contributed by atoms with Crippen LogP contribution in [-0.4, -0.2) is 28.4 Å². The molecule has 1 fully saturated rings. The third kappa shape index (κ3) is 2.69. The zero-order valence-electron chi connectivity index (χ0n) is 9.82. The lowest BCUT2D eigenvalue weighted by Gasteiger charge is -2.33. The van der Waals surface area contributed by atoms with Gasteiger partial charge in [-0.15, -0.1) is 0 Å². The van der Waals surface area contributed by atoms with E-state index in [-0.39, 0.29) is 22.9 Å². The normalized spacial score (nSPS) is 20.4.